The molecule has 6 heteroatoms. The molecule has 1 aliphatic rings. The summed E-state index contributed by atoms with van der Waals surface area (Å²) in [5.74, 6) is -0.453. The fourth-order valence-corrected chi connectivity index (χ4v) is 3.55. The SMILES string of the molecule is C=C1c2ccccc2N(CCCCCc2cc(COC(C)(C)C(=O)O)on2)C1C.C=CC. The van der Waals surface area contributed by atoms with E-state index in [0.29, 0.717) is 11.8 Å². The van der Waals surface area contributed by atoms with Crippen molar-refractivity contribution in [3.8, 4) is 0 Å². The van der Waals surface area contributed by atoms with E-state index in [9.17, 15) is 4.79 Å². The Labute approximate surface area is 191 Å². The van der Waals surface area contributed by atoms with Crippen molar-refractivity contribution >= 4 is 17.2 Å². The summed E-state index contributed by atoms with van der Waals surface area (Å²) in [6.07, 6.45) is 5.82. The summed E-state index contributed by atoms with van der Waals surface area (Å²) in [5, 5.41) is 13.1. The predicted molar refractivity (Wildman–Crippen MR) is 129 cm³/mol. The molecule has 0 spiro atoms. The molecular weight excluding hydrogens is 404 g/mol. The second-order valence-electron chi connectivity index (χ2n) is 8.52. The number of hydrogen-bond acceptors (Lipinski definition) is 5. The van der Waals surface area contributed by atoms with Gasteiger partial charge in [0, 0.05) is 23.9 Å². The van der Waals surface area contributed by atoms with Crippen LogP contribution in [0, 0.1) is 0 Å². The maximum atomic E-state index is 11.1. The first kappa shape index (κ1) is 25.4. The van der Waals surface area contributed by atoms with Crippen LogP contribution in [0.3, 0.4) is 0 Å². The van der Waals surface area contributed by atoms with Crippen LogP contribution in [-0.2, 0) is 22.6 Å². The van der Waals surface area contributed by atoms with Gasteiger partial charge in [-0.15, -0.1) is 6.58 Å². The molecule has 0 fully saturated rings. The number of hydrogen-bond donors (Lipinski definition) is 1. The van der Waals surface area contributed by atoms with Crippen LogP contribution >= 0.6 is 0 Å². The number of fused-ring (bicyclic) bond motifs is 1. The molecule has 2 aromatic rings. The normalized spacial score (nSPS) is 15.2. The fourth-order valence-electron chi connectivity index (χ4n) is 3.55. The molecular formula is C26H36N2O4. The molecule has 1 aliphatic heterocycles. The molecule has 1 N–H and O–H groups in total. The Morgan fingerprint density at radius 3 is 2.69 bits per heavy atom. The highest BCUT2D eigenvalue weighted by atomic mass is 16.5. The Morgan fingerprint density at radius 2 is 2.00 bits per heavy atom. The van der Waals surface area contributed by atoms with Gasteiger partial charge in [0.15, 0.2) is 11.4 Å². The summed E-state index contributed by atoms with van der Waals surface area (Å²) < 4.78 is 10.6. The van der Waals surface area contributed by atoms with E-state index in [1.54, 1.807) is 6.08 Å². The zero-order valence-corrected chi connectivity index (χ0v) is 19.8. The lowest BCUT2D eigenvalue weighted by Crippen LogP contribution is -2.34. The second-order valence-corrected chi connectivity index (χ2v) is 8.52. The van der Waals surface area contributed by atoms with Gasteiger partial charge in [0.2, 0.25) is 0 Å². The topological polar surface area (TPSA) is 75.8 Å². The van der Waals surface area contributed by atoms with Gasteiger partial charge in [0.25, 0.3) is 0 Å². The van der Waals surface area contributed by atoms with E-state index in [4.69, 9.17) is 14.4 Å². The highest BCUT2D eigenvalue weighted by Crippen LogP contribution is 2.39. The smallest absolute Gasteiger partial charge is 0.335 e. The van der Waals surface area contributed by atoms with Gasteiger partial charge in [0.1, 0.15) is 6.61 Å². The van der Waals surface area contributed by atoms with Crippen molar-refractivity contribution < 1.29 is 19.2 Å². The molecule has 3 rings (SSSR count). The lowest BCUT2D eigenvalue weighted by atomic mass is 10.1. The number of ether oxygens (including phenoxy) is 1. The average molecular weight is 441 g/mol. The van der Waals surface area contributed by atoms with Crippen LogP contribution in [0.25, 0.3) is 5.57 Å². The number of aliphatic carboxylic acids is 1. The Morgan fingerprint density at radius 1 is 1.31 bits per heavy atom. The molecule has 6 nitrogen and oxygen atoms in total. The number of carboxylic acids is 1. The fraction of sp³-hybridized carbons (Fsp3) is 0.462. The molecule has 32 heavy (non-hydrogen) atoms. The molecule has 1 atom stereocenters. The Bertz CT molecular complexity index is 916. The number of aryl methyl sites for hydroxylation is 1. The standard InChI is InChI=1S/C23H30N2O4.C3H6/c1-16-17(2)25(21-12-8-7-11-20(16)21)13-9-5-6-10-18-14-19(29-24-18)15-28-23(3,4)22(26)27;1-3-2/h7-8,11-12,14,17H,1,5-6,9-10,13,15H2,2-4H3,(H,26,27);3H,1H2,2H3. The van der Waals surface area contributed by atoms with Crippen molar-refractivity contribution in [3.63, 3.8) is 0 Å². The number of nitrogens with zero attached hydrogens (tertiary/aromatic N) is 2. The minimum Gasteiger partial charge on any atom is -0.479 e. The Kier molecular flexibility index (Phi) is 9.27. The van der Waals surface area contributed by atoms with E-state index in [1.165, 1.54) is 30.7 Å². The molecule has 1 unspecified atom stereocenters. The molecule has 0 saturated heterocycles. The summed E-state index contributed by atoms with van der Waals surface area (Å²) in [6.45, 7) is 15.9. The van der Waals surface area contributed by atoms with Crippen LogP contribution in [0.1, 0.15) is 64.0 Å². The van der Waals surface area contributed by atoms with Crippen LogP contribution < -0.4 is 4.90 Å². The lowest BCUT2D eigenvalue weighted by Gasteiger charge is -2.25. The van der Waals surface area contributed by atoms with Crippen LogP contribution in [0.5, 0.6) is 0 Å². The van der Waals surface area contributed by atoms with Crippen LogP contribution in [0.4, 0.5) is 5.69 Å². The number of rotatable bonds is 10. The van der Waals surface area contributed by atoms with Crippen LogP contribution in [-0.4, -0.2) is 34.4 Å². The average Bonchev–Trinajstić information content (AvgIpc) is 3.31. The van der Waals surface area contributed by atoms with Crippen molar-refractivity contribution in [3.05, 3.63) is 66.6 Å². The van der Waals surface area contributed by atoms with Gasteiger partial charge in [-0.1, -0.05) is 42.4 Å². The summed E-state index contributed by atoms with van der Waals surface area (Å²) in [4.78, 5) is 13.5. The number of para-hydroxylation sites is 1. The van der Waals surface area contributed by atoms with Gasteiger partial charge < -0.3 is 19.3 Å². The molecule has 0 radical (unpaired) electrons. The predicted octanol–water partition coefficient (Wildman–Crippen LogP) is 5.88. The molecule has 2 heterocycles. The first-order valence-corrected chi connectivity index (χ1v) is 11.1. The van der Waals surface area contributed by atoms with E-state index >= 15 is 0 Å². The van der Waals surface area contributed by atoms with Gasteiger partial charge in [-0.25, -0.2) is 4.79 Å². The van der Waals surface area contributed by atoms with E-state index in [-0.39, 0.29) is 6.61 Å². The molecule has 174 valence electrons. The van der Waals surface area contributed by atoms with Crippen molar-refractivity contribution in [2.45, 2.75) is 71.6 Å². The summed E-state index contributed by atoms with van der Waals surface area (Å²) in [5.41, 5.74) is 3.39. The number of carbonyl (C=O) groups is 1. The molecule has 1 aromatic carbocycles. The third kappa shape index (κ3) is 6.57. The molecule has 0 saturated carbocycles. The molecule has 0 aliphatic carbocycles. The lowest BCUT2D eigenvalue weighted by molar-refractivity contribution is -0.163. The monoisotopic (exact) mass is 440 g/mol. The third-order valence-corrected chi connectivity index (χ3v) is 5.56. The summed E-state index contributed by atoms with van der Waals surface area (Å²) in [6, 6.07) is 10.7. The van der Waals surface area contributed by atoms with E-state index in [1.807, 2.05) is 13.0 Å². The van der Waals surface area contributed by atoms with E-state index in [0.717, 1.165) is 37.9 Å². The van der Waals surface area contributed by atoms with Crippen LogP contribution in [0.15, 0.2) is 54.1 Å². The Hall–Kier alpha value is -2.86. The largest absolute Gasteiger partial charge is 0.479 e. The van der Waals surface area contributed by atoms with Crippen LogP contribution in [0.2, 0.25) is 0 Å². The maximum absolute atomic E-state index is 11.1. The third-order valence-electron chi connectivity index (χ3n) is 5.56. The minimum absolute atomic E-state index is 0.0996. The first-order chi connectivity index (χ1) is 15.2. The minimum atomic E-state index is -1.25. The highest BCUT2D eigenvalue weighted by Gasteiger charge is 2.29. The number of benzene rings is 1. The van der Waals surface area contributed by atoms with Crippen molar-refractivity contribution in [2.75, 3.05) is 11.4 Å². The number of unbranched alkanes of at least 4 members (excludes halogenated alkanes) is 2. The zero-order chi connectivity index (χ0) is 23.7. The molecule has 1 aromatic heterocycles. The number of allylic oxidation sites excluding steroid dienone is 1. The quantitative estimate of drug-likeness (QED) is 0.367. The number of carboxylic acid groups (broad SMARTS) is 1. The van der Waals surface area contributed by atoms with Crippen molar-refractivity contribution in [1.82, 2.24) is 5.16 Å². The molecule has 0 amide bonds. The van der Waals surface area contributed by atoms with Gasteiger partial charge in [-0.2, -0.15) is 0 Å². The van der Waals surface area contributed by atoms with Gasteiger partial charge in [-0.05, 0) is 58.6 Å². The number of anilines is 1. The highest BCUT2D eigenvalue weighted by molar-refractivity contribution is 5.86. The summed E-state index contributed by atoms with van der Waals surface area (Å²) in [7, 11) is 0. The second kappa shape index (κ2) is 11.7. The summed E-state index contributed by atoms with van der Waals surface area (Å²) >= 11 is 0. The number of aromatic nitrogens is 1. The molecule has 0 bridgehead atoms. The maximum Gasteiger partial charge on any atom is 0.335 e. The van der Waals surface area contributed by atoms with Crippen molar-refractivity contribution in [1.29, 1.82) is 0 Å². The zero-order valence-electron chi connectivity index (χ0n) is 19.8. The van der Waals surface area contributed by atoms with Gasteiger partial charge in [-0.3, -0.25) is 0 Å². The van der Waals surface area contributed by atoms with Gasteiger partial charge in [0.05, 0.1) is 11.7 Å². The van der Waals surface area contributed by atoms with Gasteiger partial charge >= 0.3 is 5.97 Å². The Balaban J connectivity index is 0.00000114. The van der Waals surface area contributed by atoms with Crippen molar-refractivity contribution in [2.24, 2.45) is 0 Å². The van der Waals surface area contributed by atoms with E-state index in [2.05, 4.69) is 54.4 Å². The first-order valence-electron chi connectivity index (χ1n) is 11.1. The van der Waals surface area contributed by atoms with E-state index < -0.39 is 11.6 Å².